The Morgan fingerprint density at radius 2 is 2.20 bits per heavy atom. The summed E-state index contributed by atoms with van der Waals surface area (Å²) in [6.45, 7) is 3.61. The van der Waals surface area contributed by atoms with Crippen LogP contribution >= 0.6 is 22.6 Å². The number of H-pyrrole nitrogens is 1. The van der Waals surface area contributed by atoms with Gasteiger partial charge in [-0.05, 0) is 60.2 Å². The van der Waals surface area contributed by atoms with Crippen molar-refractivity contribution in [3.63, 3.8) is 0 Å². The Balaban J connectivity index is 2.09. The molecule has 0 aliphatic carbocycles. The van der Waals surface area contributed by atoms with Gasteiger partial charge in [0.05, 0.1) is 6.21 Å². The average molecular weight is 384 g/mol. The van der Waals surface area contributed by atoms with E-state index >= 15 is 0 Å². The first-order valence-corrected chi connectivity index (χ1v) is 6.90. The first-order chi connectivity index (χ1) is 9.47. The maximum Gasteiger partial charge on any atom is 0.291 e. The molecule has 3 N–H and O–H groups in total. The maximum atomic E-state index is 11.7. The first-order valence-electron chi connectivity index (χ1n) is 5.82. The van der Waals surface area contributed by atoms with Crippen LogP contribution in [0.5, 0.6) is 5.75 Å². The highest BCUT2D eigenvalue weighted by molar-refractivity contribution is 14.1. The number of hydrogen-bond donors (Lipinski definition) is 3. The number of nitrogens with zero attached hydrogens (tertiary/aromatic N) is 2. The third kappa shape index (κ3) is 3.35. The molecule has 104 valence electrons. The zero-order chi connectivity index (χ0) is 14.7. The normalized spacial score (nSPS) is 10.9. The highest BCUT2D eigenvalue weighted by atomic mass is 127. The fourth-order valence-corrected chi connectivity index (χ4v) is 2.41. The number of carbonyl (C=O) groups is 1. The molecule has 1 aromatic heterocycles. The molecule has 0 aliphatic heterocycles. The molecule has 0 bridgehead atoms. The van der Waals surface area contributed by atoms with Gasteiger partial charge in [-0.25, -0.2) is 5.43 Å². The van der Waals surface area contributed by atoms with Crippen molar-refractivity contribution in [2.24, 2.45) is 5.10 Å². The number of amides is 1. The molecule has 0 saturated heterocycles. The van der Waals surface area contributed by atoms with Crippen molar-refractivity contribution in [3.8, 4) is 5.75 Å². The molecule has 0 aliphatic rings. The van der Waals surface area contributed by atoms with Gasteiger partial charge in [0.15, 0.2) is 5.69 Å². The Hall–Kier alpha value is -1.90. The van der Waals surface area contributed by atoms with E-state index in [9.17, 15) is 9.90 Å². The Morgan fingerprint density at radius 3 is 2.85 bits per heavy atom. The summed E-state index contributed by atoms with van der Waals surface area (Å²) in [6, 6.07) is 5.26. The number of aromatic amines is 1. The van der Waals surface area contributed by atoms with Crippen LogP contribution < -0.4 is 5.43 Å². The molecule has 2 rings (SSSR count). The van der Waals surface area contributed by atoms with Crippen LogP contribution in [-0.2, 0) is 0 Å². The molecular weight excluding hydrogens is 371 g/mol. The van der Waals surface area contributed by atoms with Crippen LogP contribution in [0.15, 0.2) is 23.3 Å². The van der Waals surface area contributed by atoms with Gasteiger partial charge < -0.3 is 5.11 Å². The van der Waals surface area contributed by atoms with Gasteiger partial charge in [-0.3, -0.25) is 9.89 Å². The molecule has 6 nitrogen and oxygen atoms in total. The van der Waals surface area contributed by atoms with Crippen molar-refractivity contribution in [3.05, 3.63) is 44.3 Å². The summed E-state index contributed by atoms with van der Waals surface area (Å²) >= 11 is 2.15. The van der Waals surface area contributed by atoms with E-state index in [2.05, 4.69) is 43.3 Å². The largest absolute Gasteiger partial charge is 0.507 e. The van der Waals surface area contributed by atoms with Gasteiger partial charge in [0, 0.05) is 14.8 Å². The smallest absolute Gasteiger partial charge is 0.291 e. The lowest BCUT2D eigenvalue weighted by molar-refractivity contribution is 0.0950. The van der Waals surface area contributed by atoms with E-state index in [1.165, 1.54) is 6.21 Å². The quantitative estimate of drug-likeness (QED) is 0.430. The predicted molar refractivity (Wildman–Crippen MR) is 83.9 cm³/mol. The van der Waals surface area contributed by atoms with Crippen LogP contribution in [0.2, 0.25) is 0 Å². The minimum Gasteiger partial charge on any atom is -0.507 e. The van der Waals surface area contributed by atoms with Gasteiger partial charge in [-0.1, -0.05) is 0 Å². The van der Waals surface area contributed by atoms with E-state index in [1.807, 2.05) is 6.07 Å². The second-order valence-corrected chi connectivity index (χ2v) is 5.54. The summed E-state index contributed by atoms with van der Waals surface area (Å²) in [5, 5.41) is 20.2. The van der Waals surface area contributed by atoms with Crippen molar-refractivity contribution in [2.75, 3.05) is 0 Å². The van der Waals surface area contributed by atoms with Gasteiger partial charge >= 0.3 is 0 Å². The van der Waals surface area contributed by atoms with Crippen molar-refractivity contribution < 1.29 is 9.90 Å². The third-order valence-corrected chi connectivity index (χ3v) is 3.23. The van der Waals surface area contributed by atoms with Crippen molar-refractivity contribution in [1.29, 1.82) is 0 Å². The predicted octanol–water partition coefficient (Wildman–Crippen LogP) is 2.10. The average Bonchev–Trinajstić information content (AvgIpc) is 2.81. The van der Waals surface area contributed by atoms with Crippen LogP contribution in [0.4, 0.5) is 0 Å². The molecule has 0 saturated carbocycles. The molecule has 20 heavy (non-hydrogen) atoms. The van der Waals surface area contributed by atoms with Crippen molar-refractivity contribution in [2.45, 2.75) is 13.8 Å². The van der Waals surface area contributed by atoms with E-state index in [0.717, 1.165) is 14.8 Å². The molecule has 0 fully saturated rings. The van der Waals surface area contributed by atoms with Crippen LogP contribution in [0.1, 0.15) is 27.3 Å². The number of phenolic OH excluding ortho intramolecular Hbond substituents is 1. The van der Waals surface area contributed by atoms with Crippen molar-refractivity contribution >= 4 is 34.7 Å². The van der Waals surface area contributed by atoms with Gasteiger partial charge in [-0.15, -0.1) is 0 Å². The second-order valence-electron chi connectivity index (χ2n) is 4.30. The first kappa shape index (κ1) is 14.5. The third-order valence-electron chi connectivity index (χ3n) is 2.60. The van der Waals surface area contributed by atoms with Gasteiger partial charge in [0.2, 0.25) is 0 Å². The van der Waals surface area contributed by atoms with Crippen LogP contribution in [0, 0.1) is 17.4 Å². The number of benzene rings is 1. The van der Waals surface area contributed by atoms with Crippen molar-refractivity contribution in [1.82, 2.24) is 15.6 Å². The van der Waals surface area contributed by atoms with E-state index in [0.29, 0.717) is 5.56 Å². The number of aromatic nitrogens is 2. The molecule has 0 radical (unpaired) electrons. The number of aryl methyl sites for hydroxylation is 2. The number of carbonyl (C=O) groups excluding carboxylic acids is 1. The van der Waals surface area contributed by atoms with Gasteiger partial charge in [-0.2, -0.15) is 10.2 Å². The number of halogens is 1. The van der Waals surface area contributed by atoms with E-state index in [1.54, 1.807) is 26.0 Å². The fraction of sp³-hybridized carbons (Fsp3) is 0.154. The molecule has 0 spiro atoms. The second kappa shape index (κ2) is 6.04. The summed E-state index contributed by atoms with van der Waals surface area (Å²) < 4.78 is 0.980. The number of aromatic hydroxyl groups is 1. The Bertz CT molecular complexity index is 679. The van der Waals surface area contributed by atoms with Crippen LogP contribution in [0.25, 0.3) is 0 Å². The summed E-state index contributed by atoms with van der Waals surface area (Å²) in [6.07, 6.45) is 1.40. The Kier molecular flexibility index (Phi) is 4.38. The van der Waals surface area contributed by atoms with Gasteiger partial charge in [0.25, 0.3) is 5.91 Å². The molecule has 0 atom stereocenters. The summed E-state index contributed by atoms with van der Waals surface area (Å²) in [7, 11) is 0. The monoisotopic (exact) mass is 384 g/mol. The molecule has 1 amide bonds. The molecule has 0 unspecified atom stereocenters. The highest BCUT2D eigenvalue weighted by Crippen LogP contribution is 2.23. The number of phenols is 1. The number of hydrazone groups is 1. The van der Waals surface area contributed by atoms with Crippen LogP contribution in [0.3, 0.4) is 0 Å². The summed E-state index contributed by atoms with van der Waals surface area (Å²) in [5.41, 5.74) is 4.73. The lowest BCUT2D eigenvalue weighted by Crippen LogP contribution is -2.18. The summed E-state index contributed by atoms with van der Waals surface area (Å²) in [4.78, 5) is 11.7. The van der Waals surface area contributed by atoms with E-state index < -0.39 is 5.91 Å². The summed E-state index contributed by atoms with van der Waals surface area (Å²) in [5.74, 6) is -0.258. The minimum absolute atomic E-state index is 0.152. The topological polar surface area (TPSA) is 90.4 Å². The zero-order valence-corrected chi connectivity index (χ0v) is 13.1. The number of rotatable bonds is 3. The molecule has 1 aromatic carbocycles. The standard InChI is InChI=1S/C13H13IN4O2/c1-7-3-10(14)5-9(12(7)19)6-15-18-13(20)11-4-8(2)16-17-11/h3-6,19H,1-2H3,(H,16,17)(H,18,20)/b15-6+. The maximum absolute atomic E-state index is 11.7. The van der Waals surface area contributed by atoms with Gasteiger partial charge in [0.1, 0.15) is 5.75 Å². The minimum atomic E-state index is -0.410. The lowest BCUT2D eigenvalue weighted by atomic mass is 10.1. The highest BCUT2D eigenvalue weighted by Gasteiger charge is 2.08. The van der Waals surface area contributed by atoms with Crippen LogP contribution in [-0.4, -0.2) is 27.4 Å². The number of nitrogens with one attached hydrogen (secondary N) is 2. The van der Waals surface area contributed by atoms with E-state index in [-0.39, 0.29) is 11.4 Å². The Labute approximate surface area is 129 Å². The SMILES string of the molecule is Cc1cc(C(=O)N/N=C/c2cc(I)cc(C)c2O)n[nH]1. The number of hydrogen-bond acceptors (Lipinski definition) is 4. The lowest BCUT2D eigenvalue weighted by Gasteiger charge is -2.03. The molecular formula is C13H13IN4O2. The van der Waals surface area contributed by atoms with E-state index in [4.69, 9.17) is 0 Å². The zero-order valence-electron chi connectivity index (χ0n) is 10.9. The Morgan fingerprint density at radius 1 is 1.45 bits per heavy atom. The molecule has 7 heteroatoms. The molecule has 2 aromatic rings. The fourth-order valence-electron chi connectivity index (χ4n) is 1.61. The molecule has 1 heterocycles.